The maximum absolute atomic E-state index is 11.5. The summed E-state index contributed by atoms with van der Waals surface area (Å²) in [6.45, 7) is 0.171. The van der Waals surface area contributed by atoms with E-state index in [0.717, 1.165) is 25.7 Å². The van der Waals surface area contributed by atoms with Crippen LogP contribution < -0.4 is 5.32 Å². The van der Waals surface area contributed by atoms with Gasteiger partial charge in [0.25, 0.3) is 0 Å². The van der Waals surface area contributed by atoms with E-state index in [4.69, 9.17) is 9.84 Å². The van der Waals surface area contributed by atoms with Gasteiger partial charge in [-0.2, -0.15) is 0 Å². The third-order valence-corrected chi connectivity index (χ3v) is 3.26. The molecule has 2 saturated heterocycles. The van der Waals surface area contributed by atoms with Gasteiger partial charge in [0, 0.05) is 13.0 Å². The predicted octanol–water partition coefficient (Wildman–Crippen LogP) is 0.585. The second kappa shape index (κ2) is 4.94. The number of carbonyl (C=O) groups excluding carboxylic acids is 1. The topological polar surface area (TPSA) is 58.6 Å². The first kappa shape index (κ1) is 10.9. The summed E-state index contributed by atoms with van der Waals surface area (Å²) in [5, 5.41) is 11.6. The quantitative estimate of drug-likeness (QED) is 0.657. The normalized spacial score (nSPS) is 33.3. The van der Waals surface area contributed by atoms with Crippen LogP contribution in [-0.2, 0) is 9.53 Å². The lowest BCUT2D eigenvalue weighted by Crippen LogP contribution is -2.41. The van der Waals surface area contributed by atoms with Crippen LogP contribution in [0.3, 0.4) is 0 Å². The Morgan fingerprint density at radius 3 is 2.87 bits per heavy atom. The lowest BCUT2D eigenvalue weighted by atomic mass is 9.95. The molecule has 0 spiro atoms. The Balaban J connectivity index is 1.66. The van der Waals surface area contributed by atoms with Gasteiger partial charge in [-0.05, 0) is 32.1 Å². The molecule has 3 unspecified atom stereocenters. The van der Waals surface area contributed by atoms with Crippen molar-refractivity contribution in [1.82, 2.24) is 5.32 Å². The van der Waals surface area contributed by atoms with Crippen LogP contribution in [0.25, 0.3) is 0 Å². The first-order valence-electron chi connectivity index (χ1n) is 5.85. The molecule has 86 valence electrons. The van der Waals surface area contributed by atoms with Gasteiger partial charge in [-0.1, -0.05) is 0 Å². The highest BCUT2D eigenvalue weighted by molar-refractivity contribution is 5.76. The summed E-state index contributed by atoms with van der Waals surface area (Å²) in [5.74, 6) is 0.101. The van der Waals surface area contributed by atoms with Crippen molar-refractivity contribution in [1.29, 1.82) is 0 Å². The van der Waals surface area contributed by atoms with E-state index in [1.807, 2.05) is 0 Å². The number of ether oxygens (including phenoxy) is 1. The van der Waals surface area contributed by atoms with Gasteiger partial charge in [-0.15, -0.1) is 0 Å². The second-order valence-corrected chi connectivity index (χ2v) is 4.46. The molecule has 0 aromatic heterocycles. The molecule has 4 heteroatoms. The Morgan fingerprint density at radius 1 is 1.40 bits per heavy atom. The number of hydrogen-bond donors (Lipinski definition) is 2. The molecule has 4 nitrogen and oxygen atoms in total. The van der Waals surface area contributed by atoms with E-state index in [1.165, 1.54) is 0 Å². The first-order chi connectivity index (χ1) is 7.29. The number of aliphatic hydroxyl groups excluding tert-OH is 1. The summed E-state index contributed by atoms with van der Waals surface area (Å²) in [6, 6.07) is 0.241. The standard InChI is InChI=1S/C11H19NO3/c13-6-2-1-3-11(14)12-9-7-8-4-5-10(9)15-8/h8-10,13H,1-7H2,(H,12,14). The third kappa shape index (κ3) is 2.69. The number of aliphatic hydroxyl groups is 1. The Hall–Kier alpha value is -0.610. The van der Waals surface area contributed by atoms with Crippen molar-refractivity contribution >= 4 is 5.91 Å². The first-order valence-corrected chi connectivity index (χ1v) is 5.85. The Morgan fingerprint density at radius 2 is 2.27 bits per heavy atom. The molecule has 0 aromatic rings. The van der Waals surface area contributed by atoms with Crippen LogP contribution in [0.1, 0.15) is 38.5 Å². The van der Waals surface area contributed by atoms with Gasteiger partial charge in [0.2, 0.25) is 5.91 Å². The summed E-state index contributed by atoms with van der Waals surface area (Å²) >= 11 is 0. The molecule has 0 saturated carbocycles. The third-order valence-electron chi connectivity index (χ3n) is 3.26. The van der Waals surface area contributed by atoms with Crippen LogP contribution in [0.15, 0.2) is 0 Å². The molecule has 2 heterocycles. The predicted molar refractivity (Wildman–Crippen MR) is 55.4 cm³/mol. The van der Waals surface area contributed by atoms with Crippen molar-refractivity contribution in [3.8, 4) is 0 Å². The average molecular weight is 213 g/mol. The zero-order valence-electron chi connectivity index (χ0n) is 8.95. The highest BCUT2D eigenvalue weighted by atomic mass is 16.5. The largest absolute Gasteiger partial charge is 0.396 e. The molecule has 15 heavy (non-hydrogen) atoms. The molecule has 2 aliphatic rings. The maximum atomic E-state index is 11.5. The summed E-state index contributed by atoms with van der Waals surface area (Å²) < 4.78 is 5.66. The molecule has 2 bridgehead atoms. The molecular formula is C11H19NO3. The van der Waals surface area contributed by atoms with Gasteiger partial charge in [0.1, 0.15) is 0 Å². The van der Waals surface area contributed by atoms with E-state index in [2.05, 4.69) is 5.32 Å². The van der Waals surface area contributed by atoms with Crippen LogP contribution in [0.2, 0.25) is 0 Å². The number of hydrogen-bond acceptors (Lipinski definition) is 3. The fourth-order valence-electron chi connectivity index (χ4n) is 2.47. The van der Waals surface area contributed by atoms with Crippen molar-refractivity contribution in [2.75, 3.05) is 6.61 Å². The van der Waals surface area contributed by atoms with Gasteiger partial charge < -0.3 is 15.2 Å². The highest BCUT2D eigenvalue weighted by Gasteiger charge is 2.41. The smallest absolute Gasteiger partial charge is 0.220 e. The van der Waals surface area contributed by atoms with E-state index in [0.29, 0.717) is 18.9 Å². The number of unbranched alkanes of at least 4 members (excludes halogenated alkanes) is 1. The van der Waals surface area contributed by atoms with Crippen LogP contribution >= 0.6 is 0 Å². The van der Waals surface area contributed by atoms with E-state index >= 15 is 0 Å². The van der Waals surface area contributed by atoms with Crippen molar-refractivity contribution in [2.24, 2.45) is 0 Å². The number of carbonyl (C=O) groups is 1. The van der Waals surface area contributed by atoms with E-state index < -0.39 is 0 Å². The van der Waals surface area contributed by atoms with Crippen molar-refractivity contribution in [2.45, 2.75) is 56.8 Å². The van der Waals surface area contributed by atoms with Gasteiger partial charge in [0.05, 0.1) is 18.2 Å². The molecule has 0 aromatic carbocycles. The van der Waals surface area contributed by atoms with Gasteiger partial charge in [-0.3, -0.25) is 4.79 Å². The Kier molecular flexibility index (Phi) is 3.59. The van der Waals surface area contributed by atoms with Crippen LogP contribution in [0.4, 0.5) is 0 Å². The highest BCUT2D eigenvalue weighted by Crippen LogP contribution is 2.34. The molecule has 2 fully saturated rings. The summed E-state index contributed by atoms with van der Waals surface area (Å²) in [7, 11) is 0. The van der Waals surface area contributed by atoms with E-state index in [-0.39, 0.29) is 24.7 Å². The number of fused-ring (bicyclic) bond motifs is 2. The summed E-state index contributed by atoms with van der Waals surface area (Å²) in [5.41, 5.74) is 0. The Labute approximate surface area is 90.0 Å². The number of rotatable bonds is 5. The molecule has 2 rings (SSSR count). The van der Waals surface area contributed by atoms with Gasteiger partial charge >= 0.3 is 0 Å². The number of amides is 1. The molecule has 2 aliphatic heterocycles. The van der Waals surface area contributed by atoms with E-state index in [9.17, 15) is 4.79 Å². The molecule has 0 aliphatic carbocycles. The minimum Gasteiger partial charge on any atom is -0.396 e. The van der Waals surface area contributed by atoms with Crippen LogP contribution in [0, 0.1) is 0 Å². The molecule has 3 atom stereocenters. The second-order valence-electron chi connectivity index (χ2n) is 4.46. The summed E-state index contributed by atoms with van der Waals surface area (Å²) in [6.07, 6.45) is 5.87. The minimum atomic E-state index is 0.101. The molecule has 0 radical (unpaired) electrons. The lowest BCUT2D eigenvalue weighted by Gasteiger charge is -2.19. The fourth-order valence-corrected chi connectivity index (χ4v) is 2.47. The zero-order chi connectivity index (χ0) is 10.7. The van der Waals surface area contributed by atoms with Crippen LogP contribution in [0.5, 0.6) is 0 Å². The van der Waals surface area contributed by atoms with E-state index in [1.54, 1.807) is 0 Å². The molecule has 2 N–H and O–H groups in total. The molecule has 1 amide bonds. The Bertz CT molecular complexity index is 232. The van der Waals surface area contributed by atoms with Gasteiger partial charge in [0.15, 0.2) is 0 Å². The lowest BCUT2D eigenvalue weighted by molar-refractivity contribution is -0.122. The minimum absolute atomic E-state index is 0.101. The van der Waals surface area contributed by atoms with Crippen molar-refractivity contribution < 1.29 is 14.6 Å². The summed E-state index contributed by atoms with van der Waals surface area (Å²) in [4.78, 5) is 11.5. The van der Waals surface area contributed by atoms with Crippen LogP contribution in [-0.4, -0.2) is 35.9 Å². The average Bonchev–Trinajstić information content (AvgIpc) is 2.79. The van der Waals surface area contributed by atoms with Gasteiger partial charge in [-0.25, -0.2) is 0 Å². The zero-order valence-corrected chi connectivity index (χ0v) is 8.95. The van der Waals surface area contributed by atoms with Crippen molar-refractivity contribution in [3.63, 3.8) is 0 Å². The number of nitrogens with one attached hydrogen (secondary N) is 1. The van der Waals surface area contributed by atoms with Crippen molar-refractivity contribution in [3.05, 3.63) is 0 Å². The SMILES string of the molecule is O=C(CCCCO)NC1CC2CCC1O2. The monoisotopic (exact) mass is 213 g/mol. The fraction of sp³-hybridized carbons (Fsp3) is 0.909. The maximum Gasteiger partial charge on any atom is 0.220 e. The molecular weight excluding hydrogens is 194 g/mol.